The Balaban J connectivity index is 1.32. The van der Waals surface area contributed by atoms with Gasteiger partial charge in [-0.05, 0) is 37.1 Å². The molecule has 1 saturated heterocycles. The molecule has 2 aliphatic heterocycles. The van der Waals surface area contributed by atoms with Crippen molar-refractivity contribution in [3.05, 3.63) is 82.1 Å². The summed E-state index contributed by atoms with van der Waals surface area (Å²) in [5.74, 6) is -1.23. The topological polar surface area (TPSA) is 126 Å². The van der Waals surface area contributed by atoms with Gasteiger partial charge < -0.3 is 20.3 Å². The van der Waals surface area contributed by atoms with Gasteiger partial charge in [-0.15, -0.1) is 10.2 Å². The highest BCUT2D eigenvalue weighted by molar-refractivity contribution is 7.17. The van der Waals surface area contributed by atoms with Gasteiger partial charge in [0.2, 0.25) is 21.9 Å². The monoisotopic (exact) mass is 600 g/mol. The van der Waals surface area contributed by atoms with E-state index in [1.807, 2.05) is 44.2 Å². The number of fused-ring (bicyclic) bond motifs is 2. The van der Waals surface area contributed by atoms with Crippen molar-refractivity contribution >= 4 is 34.2 Å². The Bertz CT molecular complexity index is 1750. The fourth-order valence-electron chi connectivity index (χ4n) is 5.57. The van der Waals surface area contributed by atoms with E-state index in [1.54, 1.807) is 17.0 Å². The summed E-state index contributed by atoms with van der Waals surface area (Å²) in [6.07, 6.45) is 1.85. The maximum absolute atomic E-state index is 15.1. The maximum Gasteiger partial charge on any atom is 0.282 e. The molecule has 4 heterocycles. The van der Waals surface area contributed by atoms with E-state index in [0.717, 1.165) is 29.7 Å². The van der Waals surface area contributed by atoms with Gasteiger partial charge in [-0.25, -0.2) is 9.37 Å². The summed E-state index contributed by atoms with van der Waals surface area (Å²) in [5, 5.41) is 13.4. The number of carbonyl (C=O) groups is 3. The number of nitrogens with one attached hydrogen (secondary N) is 2. The molecule has 4 aromatic rings. The van der Waals surface area contributed by atoms with Crippen LogP contribution >= 0.6 is 11.3 Å². The van der Waals surface area contributed by atoms with E-state index in [-0.39, 0.29) is 33.4 Å². The van der Waals surface area contributed by atoms with Crippen molar-refractivity contribution < 1.29 is 23.5 Å². The zero-order valence-electron chi connectivity index (χ0n) is 23.8. The Morgan fingerprint density at radius 3 is 2.53 bits per heavy atom. The number of carbonyl (C=O) groups excluding carboxylic acids is 3. The lowest BCUT2D eigenvalue weighted by atomic mass is 9.69. The first kappa shape index (κ1) is 28.4. The Hall–Kier alpha value is -4.71. The maximum atomic E-state index is 15.1. The van der Waals surface area contributed by atoms with Crippen LogP contribution in [-0.4, -0.2) is 57.9 Å². The van der Waals surface area contributed by atoms with E-state index in [0.29, 0.717) is 41.5 Å². The van der Waals surface area contributed by atoms with E-state index >= 15 is 4.39 Å². The smallest absolute Gasteiger partial charge is 0.282 e. The molecule has 6 rings (SSSR count). The Labute approximate surface area is 251 Å². The summed E-state index contributed by atoms with van der Waals surface area (Å²) in [5.41, 5.74) is 1.47. The first-order chi connectivity index (χ1) is 20.7. The van der Waals surface area contributed by atoms with E-state index in [9.17, 15) is 14.4 Å². The van der Waals surface area contributed by atoms with Crippen LogP contribution in [0, 0.1) is 11.2 Å². The van der Waals surface area contributed by atoms with Crippen LogP contribution in [0.5, 0.6) is 11.6 Å². The van der Waals surface area contributed by atoms with Crippen LogP contribution in [-0.2, 0) is 4.79 Å². The van der Waals surface area contributed by atoms with E-state index in [2.05, 4.69) is 20.8 Å². The van der Waals surface area contributed by atoms with Crippen molar-refractivity contribution in [2.75, 3.05) is 25.5 Å². The molecule has 0 spiro atoms. The molecule has 0 radical (unpaired) electrons. The van der Waals surface area contributed by atoms with Gasteiger partial charge in [-0.2, -0.15) is 0 Å². The van der Waals surface area contributed by atoms with Gasteiger partial charge >= 0.3 is 0 Å². The molecular formula is C31H29FN6O4S. The van der Waals surface area contributed by atoms with Gasteiger partial charge in [0.25, 0.3) is 11.8 Å². The normalized spacial score (nSPS) is 15.7. The average molecular weight is 601 g/mol. The molecule has 2 N–H and O–H groups in total. The van der Waals surface area contributed by atoms with Crippen LogP contribution in [0.2, 0.25) is 0 Å². The number of halogens is 1. The lowest BCUT2D eigenvalue weighted by molar-refractivity contribution is -0.124. The van der Waals surface area contributed by atoms with Crippen molar-refractivity contribution in [1.29, 1.82) is 0 Å². The van der Waals surface area contributed by atoms with Gasteiger partial charge in [0.1, 0.15) is 11.6 Å². The molecule has 0 aliphatic carbocycles. The molecule has 1 atom stereocenters. The molecule has 2 aromatic carbocycles. The van der Waals surface area contributed by atoms with Crippen molar-refractivity contribution in [2.24, 2.45) is 5.41 Å². The second-order valence-electron chi connectivity index (χ2n) is 11.0. The number of anilines is 1. The van der Waals surface area contributed by atoms with Crippen molar-refractivity contribution in [1.82, 2.24) is 25.4 Å². The highest BCUT2D eigenvalue weighted by atomic mass is 32.1. The quantitative estimate of drug-likeness (QED) is 0.310. The SMILES string of the molecule is CNC(=O)c1nnc(NC(=O)C(C)(C)[C@H]2c3ccccc3Oc3nc(-c4ccc(C(=O)N5CCCC5)c(F)c4)ccc32)s1. The molecule has 1 fully saturated rings. The first-order valence-electron chi connectivity index (χ1n) is 13.9. The van der Waals surface area contributed by atoms with Crippen LogP contribution < -0.4 is 15.4 Å². The van der Waals surface area contributed by atoms with E-state index < -0.39 is 17.2 Å². The minimum Gasteiger partial charge on any atom is -0.438 e. The summed E-state index contributed by atoms with van der Waals surface area (Å²) in [4.78, 5) is 44.8. The Kier molecular flexibility index (Phi) is 7.38. The highest BCUT2D eigenvalue weighted by Gasteiger charge is 2.44. The molecule has 220 valence electrons. The number of benzene rings is 2. The van der Waals surface area contributed by atoms with Crippen molar-refractivity contribution in [2.45, 2.75) is 32.6 Å². The van der Waals surface area contributed by atoms with Crippen LogP contribution in [0.4, 0.5) is 9.52 Å². The van der Waals surface area contributed by atoms with E-state index in [4.69, 9.17) is 9.72 Å². The summed E-state index contributed by atoms with van der Waals surface area (Å²) in [6.45, 7) is 4.91. The van der Waals surface area contributed by atoms with Crippen molar-refractivity contribution in [3.63, 3.8) is 0 Å². The largest absolute Gasteiger partial charge is 0.438 e. The van der Waals surface area contributed by atoms with Crippen LogP contribution in [0.15, 0.2) is 54.6 Å². The average Bonchev–Trinajstić information content (AvgIpc) is 3.72. The Morgan fingerprint density at radius 1 is 1.02 bits per heavy atom. The standard InChI is InChI=1S/C31H29FN6O4S/c1-31(2,29(41)35-30-37-36-27(43-30)25(39)33-3)24-19-8-4-5-9-23(19)42-26-20(24)12-13-22(34-26)17-10-11-18(21(32)16-17)28(40)38-14-6-7-15-38/h4-5,8-13,16,24H,6-7,14-15H2,1-3H3,(H,33,39)(H,35,37,41)/t24-/m0/s1. The molecule has 3 amide bonds. The molecule has 0 unspecified atom stereocenters. The number of aromatic nitrogens is 3. The predicted octanol–water partition coefficient (Wildman–Crippen LogP) is 5.24. The first-order valence-corrected chi connectivity index (χ1v) is 14.7. The number of amides is 3. The molecule has 12 heteroatoms. The molecule has 2 aliphatic rings. The number of para-hydroxylation sites is 1. The third-order valence-electron chi connectivity index (χ3n) is 7.90. The molecular weight excluding hydrogens is 571 g/mol. The second kappa shape index (κ2) is 11.2. The zero-order valence-corrected chi connectivity index (χ0v) is 24.6. The minimum atomic E-state index is -1.03. The third-order valence-corrected chi connectivity index (χ3v) is 8.74. The number of hydrogen-bond donors (Lipinski definition) is 2. The summed E-state index contributed by atoms with van der Waals surface area (Å²) < 4.78 is 21.3. The number of ether oxygens (including phenoxy) is 1. The number of rotatable bonds is 6. The van der Waals surface area contributed by atoms with E-state index in [1.165, 1.54) is 19.2 Å². The Morgan fingerprint density at radius 2 is 1.79 bits per heavy atom. The van der Waals surface area contributed by atoms with Gasteiger partial charge in [0.15, 0.2) is 0 Å². The fraction of sp³-hybridized carbons (Fsp3) is 0.290. The van der Waals surface area contributed by atoms with Gasteiger partial charge in [0, 0.05) is 42.7 Å². The van der Waals surface area contributed by atoms with Crippen LogP contribution in [0.25, 0.3) is 11.3 Å². The van der Waals surface area contributed by atoms with Gasteiger partial charge in [-0.1, -0.05) is 55.5 Å². The molecule has 0 saturated carbocycles. The molecule has 10 nitrogen and oxygen atoms in total. The summed E-state index contributed by atoms with van der Waals surface area (Å²) in [7, 11) is 1.49. The predicted molar refractivity (Wildman–Crippen MR) is 159 cm³/mol. The summed E-state index contributed by atoms with van der Waals surface area (Å²) >= 11 is 0.981. The summed E-state index contributed by atoms with van der Waals surface area (Å²) in [6, 6.07) is 15.5. The number of nitrogens with zero attached hydrogens (tertiary/aromatic N) is 4. The van der Waals surface area contributed by atoms with Crippen LogP contribution in [0.3, 0.4) is 0 Å². The van der Waals surface area contributed by atoms with Gasteiger partial charge in [-0.3, -0.25) is 14.4 Å². The fourth-order valence-corrected chi connectivity index (χ4v) is 6.26. The minimum absolute atomic E-state index is 0.0412. The second-order valence-corrected chi connectivity index (χ2v) is 12.0. The lowest BCUT2D eigenvalue weighted by Crippen LogP contribution is -2.38. The third kappa shape index (κ3) is 5.22. The molecule has 0 bridgehead atoms. The van der Waals surface area contributed by atoms with Crippen molar-refractivity contribution in [3.8, 4) is 22.9 Å². The molecule has 2 aromatic heterocycles. The highest BCUT2D eigenvalue weighted by Crippen LogP contribution is 2.52. The number of likely N-dealkylation sites (tertiary alicyclic amines) is 1. The lowest BCUT2D eigenvalue weighted by Gasteiger charge is -2.37. The zero-order chi connectivity index (χ0) is 30.3. The number of pyridine rings is 1. The van der Waals surface area contributed by atoms with Crippen LogP contribution in [0.1, 0.15) is 63.9 Å². The number of hydrogen-bond acceptors (Lipinski definition) is 8. The van der Waals surface area contributed by atoms with Gasteiger partial charge in [0.05, 0.1) is 16.7 Å². The molecule has 43 heavy (non-hydrogen) atoms.